The zero-order valence-corrected chi connectivity index (χ0v) is 14.4. The van der Waals surface area contributed by atoms with E-state index in [1.807, 2.05) is 0 Å². The molecule has 2 aromatic carbocycles. The molecular formula is C17H15ClN2O6. The molecule has 26 heavy (non-hydrogen) atoms. The molecule has 8 nitrogen and oxygen atoms in total. The van der Waals surface area contributed by atoms with Crippen LogP contribution in [0.5, 0.6) is 11.5 Å². The number of phenolic OH excluding ortho intramolecular Hbond substituents is 1. The molecule has 0 saturated heterocycles. The van der Waals surface area contributed by atoms with Crippen LogP contribution in [-0.2, 0) is 9.53 Å². The Morgan fingerprint density at radius 1 is 1.08 bits per heavy atom. The minimum Gasteiger partial charge on any atom is -0.507 e. The van der Waals surface area contributed by atoms with Gasteiger partial charge in [-0.05, 0) is 42.5 Å². The van der Waals surface area contributed by atoms with Gasteiger partial charge in [0.05, 0.1) is 7.11 Å². The molecule has 2 aromatic rings. The number of carbonyl (C=O) groups is 3. The fourth-order valence-corrected chi connectivity index (χ4v) is 2.03. The van der Waals surface area contributed by atoms with Gasteiger partial charge in [0.2, 0.25) is 0 Å². The third-order valence-corrected chi connectivity index (χ3v) is 3.42. The Labute approximate surface area is 153 Å². The molecule has 0 spiro atoms. The van der Waals surface area contributed by atoms with Crippen LogP contribution in [0.15, 0.2) is 42.5 Å². The predicted octanol–water partition coefficient (Wildman–Crippen LogP) is 1.67. The van der Waals surface area contributed by atoms with E-state index in [9.17, 15) is 19.5 Å². The van der Waals surface area contributed by atoms with Crippen LogP contribution in [0, 0.1) is 0 Å². The highest BCUT2D eigenvalue weighted by atomic mass is 35.5. The van der Waals surface area contributed by atoms with Gasteiger partial charge in [0.25, 0.3) is 11.8 Å². The maximum atomic E-state index is 11.9. The number of ether oxygens (including phenoxy) is 2. The van der Waals surface area contributed by atoms with E-state index in [-0.39, 0.29) is 16.3 Å². The molecule has 0 atom stereocenters. The quantitative estimate of drug-likeness (QED) is 0.538. The molecule has 0 fully saturated rings. The number of nitrogens with one attached hydrogen (secondary N) is 2. The summed E-state index contributed by atoms with van der Waals surface area (Å²) >= 11 is 5.66. The summed E-state index contributed by atoms with van der Waals surface area (Å²) < 4.78 is 9.73. The Kier molecular flexibility index (Phi) is 6.40. The summed E-state index contributed by atoms with van der Waals surface area (Å²) in [5.74, 6) is -1.99. The van der Waals surface area contributed by atoms with Crippen molar-refractivity contribution in [2.75, 3.05) is 13.7 Å². The molecule has 0 unspecified atom stereocenters. The van der Waals surface area contributed by atoms with E-state index in [4.69, 9.17) is 21.1 Å². The summed E-state index contributed by atoms with van der Waals surface area (Å²) in [5.41, 5.74) is 4.46. The van der Waals surface area contributed by atoms with Gasteiger partial charge in [-0.2, -0.15) is 0 Å². The molecule has 2 amide bonds. The van der Waals surface area contributed by atoms with Gasteiger partial charge in [-0.25, -0.2) is 4.79 Å². The number of hydrogen-bond acceptors (Lipinski definition) is 6. The SMILES string of the molecule is COc1ccc(C(=O)NNC(=O)COC(=O)c2ccc(Cl)cc2O)cc1. The predicted molar refractivity (Wildman–Crippen MR) is 92.0 cm³/mol. The molecule has 9 heteroatoms. The molecule has 0 aromatic heterocycles. The van der Waals surface area contributed by atoms with E-state index in [0.717, 1.165) is 0 Å². The van der Waals surface area contributed by atoms with Crippen LogP contribution in [-0.4, -0.2) is 36.6 Å². The smallest absolute Gasteiger partial charge is 0.342 e. The van der Waals surface area contributed by atoms with Crippen LogP contribution in [0.1, 0.15) is 20.7 Å². The zero-order valence-electron chi connectivity index (χ0n) is 13.6. The van der Waals surface area contributed by atoms with Crippen molar-refractivity contribution in [2.45, 2.75) is 0 Å². The number of amides is 2. The zero-order chi connectivity index (χ0) is 19.1. The molecule has 0 aliphatic carbocycles. The van der Waals surface area contributed by atoms with Crippen molar-refractivity contribution in [3.05, 3.63) is 58.6 Å². The lowest BCUT2D eigenvalue weighted by Crippen LogP contribution is -2.43. The van der Waals surface area contributed by atoms with Crippen molar-refractivity contribution in [3.63, 3.8) is 0 Å². The number of aromatic hydroxyl groups is 1. The second-order valence-corrected chi connectivity index (χ2v) is 5.40. The van der Waals surface area contributed by atoms with E-state index >= 15 is 0 Å². The molecule has 2 rings (SSSR count). The number of benzene rings is 2. The highest BCUT2D eigenvalue weighted by molar-refractivity contribution is 6.30. The van der Waals surface area contributed by atoms with Crippen molar-refractivity contribution < 1.29 is 29.0 Å². The lowest BCUT2D eigenvalue weighted by molar-refractivity contribution is -0.125. The maximum Gasteiger partial charge on any atom is 0.342 e. The maximum absolute atomic E-state index is 11.9. The van der Waals surface area contributed by atoms with E-state index in [1.165, 1.54) is 37.4 Å². The van der Waals surface area contributed by atoms with Gasteiger partial charge < -0.3 is 14.6 Å². The van der Waals surface area contributed by atoms with Gasteiger partial charge in [-0.3, -0.25) is 20.4 Å². The van der Waals surface area contributed by atoms with Crippen LogP contribution in [0.3, 0.4) is 0 Å². The van der Waals surface area contributed by atoms with Crippen molar-refractivity contribution in [3.8, 4) is 11.5 Å². The summed E-state index contributed by atoms with van der Waals surface area (Å²) in [6, 6.07) is 10.1. The Morgan fingerprint density at radius 3 is 2.38 bits per heavy atom. The van der Waals surface area contributed by atoms with Gasteiger partial charge in [0.1, 0.15) is 17.1 Å². The third-order valence-electron chi connectivity index (χ3n) is 3.18. The number of hydrogen-bond donors (Lipinski definition) is 3. The Balaban J connectivity index is 1.81. The number of carbonyl (C=O) groups excluding carboxylic acids is 3. The van der Waals surface area contributed by atoms with E-state index < -0.39 is 24.4 Å². The van der Waals surface area contributed by atoms with Gasteiger partial charge in [-0.1, -0.05) is 11.6 Å². The van der Waals surface area contributed by atoms with Gasteiger partial charge in [-0.15, -0.1) is 0 Å². The van der Waals surface area contributed by atoms with Crippen molar-refractivity contribution in [1.29, 1.82) is 0 Å². The summed E-state index contributed by atoms with van der Waals surface area (Å²) in [6.07, 6.45) is 0. The number of phenols is 1. The molecule has 136 valence electrons. The first-order valence-electron chi connectivity index (χ1n) is 7.29. The molecule has 0 bridgehead atoms. The van der Waals surface area contributed by atoms with E-state index in [0.29, 0.717) is 11.3 Å². The first-order chi connectivity index (χ1) is 12.4. The summed E-state index contributed by atoms with van der Waals surface area (Å²) in [5, 5.41) is 9.86. The number of rotatable bonds is 5. The second-order valence-electron chi connectivity index (χ2n) is 4.97. The summed E-state index contributed by atoms with van der Waals surface area (Å²) in [4.78, 5) is 35.3. The fraction of sp³-hybridized carbons (Fsp3) is 0.118. The van der Waals surface area contributed by atoms with E-state index in [1.54, 1.807) is 12.1 Å². The number of methoxy groups -OCH3 is 1. The summed E-state index contributed by atoms with van der Waals surface area (Å²) in [7, 11) is 1.50. The van der Waals surface area contributed by atoms with Crippen LogP contribution >= 0.6 is 11.6 Å². The number of halogens is 1. The minimum atomic E-state index is -0.907. The Morgan fingerprint density at radius 2 is 1.77 bits per heavy atom. The largest absolute Gasteiger partial charge is 0.507 e. The van der Waals surface area contributed by atoms with Crippen LogP contribution < -0.4 is 15.6 Å². The van der Waals surface area contributed by atoms with Crippen LogP contribution in [0.2, 0.25) is 5.02 Å². The normalized spacial score (nSPS) is 9.92. The van der Waals surface area contributed by atoms with Gasteiger partial charge >= 0.3 is 5.97 Å². The van der Waals surface area contributed by atoms with E-state index in [2.05, 4.69) is 10.9 Å². The summed E-state index contributed by atoms with van der Waals surface area (Å²) in [6.45, 7) is -0.649. The molecule has 0 aliphatic rings. The Hall–Kier alpha value is -3.26. The second kappa shape index (κ2) is 8.72. The number of hydrazine groups is 1. The highest BCUT2D eigenvalue weighted by Gasteiger charge is 2.15. The van der Waals surface area contributed by atoms with Crippen LogP contribution in [0.4, 0.5) is 0 Å². The van der Waals surface area contributed by atoms with Crippen molar-refractivity contribution in [2.24, 2.45) is 0 Å². The number of esters is 1. The van der Waals surface area contributed by atoms with Gasteiger partial charge in [0.15, 0.2) is 6.61 Å². The third kappa shape index (κ3) is 5.12. The first-order valence-corrected chi connectivity index (χ1v) is 7.67. The fourth-order valence-electron chi connectivity index (χ4n) is 1.86. The minimum absolute atomic E-state index is 0.135. The average Bonchev–Trinajstić information content (AvgIpc) is 2.64. The standard InChI is InChI=1S/C17H15ClN2O6/c1-25-12-5-2-10(3-6-12)16(23)20-19-15(22)9-26-17(24)13-7-4-11(18)8-14(13)21/h2-8,21H,9H2,1H3,(H,19,22)(H,20,23). The Bertz CT molecular complexity index is 823. The van der Waals surface area contributed by atoms with Gasteiger partial charge in [0, 0.05) is 10.6 Å². The monoisotopic (exact) mass is 378 g/mol. The lowest BCUT2D eigenvalue weighted by Gasteiger charge is -2.09. The lowest BCUT2D eigenvalue weighted by atomic mass is 10.2. The molecular weight excluding hydrogens is 364 g/mol. The molecule has 0 saturated carbocycles. The first kappa shape index (κ1) is 19.1. The average molecular weight is 379 g/mol. The molecule has 0 radical (unpaired) electrons. The highest BCUT2D eigenvalue weighted by Crippen LogP contribution is 2.22. The topological polar surface area (TPSA) is 114 Å². The molecule has 3 N–H and O–H groups in total. The van der Waals surface area contributed by atoms with Crippen molar-refractivity contribution in [1.82, 2.24) is 10.9 Å². The molecule has 0 aliphatic heterocycles. The van der Waals surface area contributed by atoms with Crippen LogP contribution in [0.25, 0.3) is 0 Å². The van der Waals surface area contributed by atoms with Crippen molar-refractivity contribution >= 4 is 29.4 Å². The molecule has 0 heterocycles.